The van der Waals surface area contributed by atoms with Gasteiger partial charge in [0, 0.05) is 39.2 Å². The van der Waals surface area contributed by atoms with E-state index in [4.69, 9.17) is 18.6 Å². The van der Waals surface area contributed by atoms with Crippen molar-refractivity contribution in [3.8, 4) is 5.75 Å². The summed E-state index contributed by atoms with van der Waals surface area (Å²) in [6.45, 7) is 1.71. The number of thiophene rings is 1. The lowest BCUT2D eigenvalue weighted by atomic mass is 9.95. The van der Waals surface area contributed by atoms with E-state index in [2.05, 4.69) is 10.6 Å². The molecule has 41 heavy (non-hydrogen) atoms. The molecule has 0 bridgehead atoms. The first kappa shape index (κ1) is 27.9. The van der Waals surface area contributed by atoms with E-state index in [1.165, 1.54) is 23.5 Å². The number of nitrogens with one attached hydrogen (secondary N) is 2. The molecule has 0 radical (unpaired) electrons. The summed E-state index contributed by atoms with van der Waals surface area (Å²) in [7, 11) is 1.55. The molecule has 0 spiro atoms. The predicted octanol–water partition coefficient (Wildman–Crippen LogP) is 5.92. The van der Waals surface area contributed by atoms with Crippen molar-refractivity contribution < 1.29 is 33.0 Å². The molecule has 0 saturated carbocycles. The molecule has 0 unspecified atom stereocenters. The van der Waals surface area contributed by atoms with E-state index < -0.39 is 17.7 Å². The monoisotopic (exact) mass is 576 g/mol. The molecule has 0 saturated heterocycles. The summed E-state index contributed by atoms with van der Waals surface area (Å²) in [6.07, 6.45) is 2.84. The summed E-state index contributed by atoms with van der Waals surface area (Å²) in [5, 5.41) is 6.45. The molecule has 2 aromatic heterocycles. The van der Waals surface area contributed by atoms with Crippen molar-refractivity contribution in [1.82, 2.24) is 0 Å². The van der Waals surface area contributed by atoms with E-state index in [9.17, 15) is 19.2 Å². The van der Waals surface area contributed by atoms with Crippen molar-refractivity contribution in [3.63, 3.8) is 0 Å². The van der Waals surface area contributed by atoms with Crippen LogP contribution in [0.1, 0.15) is 56.5 Å². The number of carbonyl (C=O) groups is 3. The Morgan fingerprint density at radius 1 is 0.976 bits per heavy atom. The van der Waals surface area contributed by atoms with Crippen molar-refractivity contribution in [1.29, 1.82) is 0 Å². The first-order valence-electron chi connectivity index (χ1n) is 13.1. The van der Waals surface area contributed by atoms with E-state index in [1.807, 2.05) is 0 Å². The largest absolute Gasteiger partial charge is 0.497 e. The van der Waals surface area contributed by atoms with Crippen LogP contribution in [0.15, 0.2) is 57.7 Å². The molecule has 2 N–H and O–H groups in total. The molecule has 5 rings (SSSR count). The Balaban J connectivity index is 1.38. The third-order valence-corrected chi connectivity index (χ3v) is 7.87. The van der Waals surface area contributed by atoms with E-state index in [1.54, 1.807) is 50.4 Å². The minimum Gasteiger partial charge on any atom is -0.497 e. The van der Waals surface area contributed by atoms with E-state index in [-0.39, 0.29) is 24.7 Å². The van der Waals surface area contributed by atoms with Crippen LogP contribution in [0.5, 0.6) is 5.75 Å². The van der Waals surface area contributed by atoms with Crippen LogP contribution in [0.25, 0.3) is 11.0 Å². The van der Waals surface area contributed by atoms with Crippen molar-refractivity contribution >= 4 is 51.0 Å². The SMILES string of the molecule is CCOC(=O)Nc1ccc2c(COC(=O)c3c(NC(=O)c4ccc(OC)cc4)sc4c3CCCC4)cc(=O)oc2c1. The van der Waals surface area contributed by atoms with Gasteiger partial charge in [0.2, 0.25) is 0 Å². The molecule has 0 aliphatic heterocycles. The van der Waals surface area contributed by atoms with E-state index in [0.29, 0.717) is 44.9 Å². The molecule has 1 aliphatic rings. The minimum atomic E-state index is -0.631. The van der Waals surface area contributed by atoms with Crippen LogP contribution in [-0.2, 0) is 28.9 Å². The molecule has 212 valence electrons. The molecule has 0 fully saturated rings. The highest BCUT2D eigenvalue weighted by atomic mass is 32.1. The van der Waals surface area contributed by atoms with Crippen LogP contribution in [0, 0.1) is 0 Å². The number of hydrogen-bond acceptors (Lipinski definition) is 9. The molecular formula is C30H28N2O8S. The number of rotatable bonds is 8. The number of carbonyl (C=O) groups excluding carboxylic acids is 3. The van der Waals surface area contributed by atoms with Crippen LogP contribution >= 0.6 is 11.3 Å². The Morgan fingerprint density at radius 2 is 1.76 bits per heavy atom. The number of aryl methyl sites for hydroxylation is 1. The fourth-order valence-electron chi connectivity index (χ4n) is 4.72. The van der Waals surface area contributed by atoms with Gasteiger partial charge in [0.05, 0.1) is 19.3 Å². The Hall–Kier alpha value is -4.64. The first-order valence-corrected chi connectivity index (χ1v) is 14.0. The number of anilines is 2. The van der Waals surface area contributed by atoms with Gasteiger partial charge in [-0.2, -0.15) is 0 Å². The third kappa shape index (κ3) is 6.25. The highest BCUT2D eigenvalue weighted by Crippen LogP contribution is 2.39. The fourth-order valence-corrected chi connectivity index (χ4v) is 5.99. The van der Waals surface area contributed by atoms with Gasteiger partial charge < -0.3 is 23.9 Å². The van der Waals surface area contributed by atoms with E-state index in [0.717, 1.165) is 29.7 Å². The quantitative estimate of drug-likeness (QED) is 0.195. The molecule has 11 heteroatoms. The lowest BCUT2D eigenvalue weighted by Crippen LogP contribution is -2.16. The number of esters is 1. The van der Waals surface area contributed by atoms with E-state index >= 15 is 0 Å². The normalized spacial score (nSPS) is 12.3. The Morgan fingerprint density at radius 3 is 2.51 bits per heavy atom. The summed E-state index contributed by atoms with van der Waals surface area (Å²) < 4.78 is 21.1. The highest BCUT2D eigenvalue weighted by Gasteiger charge is 2.28. The summed E-state index contributed by atoms with van der Waals surface area (Å²) in [5.74, 6) is -0.304. The lowest BCUT2D eigenvalue weighted by Gasteiger charge is -2.13. The van der Waals surface area contributed by atoms with Gasteiger partial charge in [-0.25, -0.2) is 14.4 Å². The second-order valence-corrected chi connectivity index (χ2v) is 10.4. The number of hydrogen-bond donors (Lipinski definition) is 2. The van der Waals surface area contributed by atoms with Crippen molar-refractivity contribution in [2.75, 3.05) is 24.4 Å². The highest BCUT2D eigenvalue weighted by molar-refractivity contribution is 7.17. The molecular weight excluding hydrogens is 548 g/mol. The number of amides is 2. The maximum atomic E-state index is 13.5. The number of ether oxygens (including phenoxy) is 3. The third-order valence-electron chi connectivity index (χ3n) is 6.67. The lowest BCUT2D eigenvalue weighted by molar-refractivity contribution is 0.0474. The van der Waals surface area contributed by atoms with Gasteiger partial charge >= 0.3 is 17.7 Å². The van der Waals surface area contributed by atoms with Gasteiger partial charge in [0.25, 0.3) is 5.91 Å². The molecule has 4 aromatic rings. The smallest absolute Gasteiger partial charge is 0.411 e. The molecule has 10 nitrogen and oxygen atoms in total. The average molecular weight is 577 g/mol. The zero-order valence-electron chi connectivity index (χ0n) is 22.5. The Kier molecular flexibility index (Phi) is 8.34. The molecule has 2 aromatic carbocycles. The summed E-state index contributed by atoms with van der Waals surface area (Å²) >= 11 is 1.39. The second-order valence-electron chi connectivity index (χ2n) is 9.32. The number of benzene rings is 2. The fraction of sp³-hybridized carbons (Fsp3) is 0.267. The van der Waals surface area contributed by atoms with Crippen molar-refractivity contribution in [3.05, 3.63) is 86.1 Å². The maximum absolute atomic E-state index is 13.5. The van der Waals surface area contributed by atoms with Crippen molar-refractivity contribution in [2.45, 2.75) is 39.2 Å². The topological polar surface area (TPSA) is 133 Å². The first-order chi connectivity index (χ1) is 19.9. The summed E-state index contributed by atoms with van der Waals surface area (Å²) in [4.78, 5) is 51.6. The maximum Gasteiger partial charge on any atom is 0.411 e. The van der Waals surface area contributed by atoms with Gasteiger partial charge in [-0.3, -0.25) is 10.1 Å². The van der Waals surface area contributed by atoms with Crippen LogP contribution in [-0.4, -0.2) is 31.7 Å². The summed E-state index contributed by atoms with van der Waals surface area (Å²) in [5.41, 5.74) is 2.09. The van der Waals surface area contributed by atoms with Gasteiger partial charge in [-0.15, -0.1) is 11.3 Å². The molecule has 2 heterocycles. The van der Waals surface area contributed by atoms with Crippen LogP contribution in [0.3, 0.4) is 0 Å². The van der Waals surface area contributed by atoms with Crippen LogP contribution < -0.4 is 21.0 Å². The molecule has 0 atom stereocenters. The Labute approximate surface area is 239 Å². The minimum absolute atomic E-state index is 0.192. The zero-order valence-corrected chi connectivity index (χ0v) is 23.4. The zero-order chi connectivity index (χ0) is 28.9. The van der Waals surface area contributed by atoms with Gasteiger partial charge in [-0.05, 0) is 74.6 Å². The number of fused-ring (bicyclic) bond motifs is 2. The second kappa shape index (κ2) is 12.3. The van der Waals surface area contributed by atoms with Crippen molar-refractivity contribution in [2.24, 2.45) is 0 Å². The van der Waals surface area contributed by atoms with Crippen LogP contribution in [0.4, 0.5) is 15.5 Å². The predicted molar refractivity (Wildman–Crippen MR) is 154 cm³/mol. The van der Waals surface area contributed by atoms with Gasteiger partial charge in [-0.1, -0.05) is 0 Å². The van der Waals surface area contributed by atoms with Gasteiger partial charge in [0.15, 0.2) is 0 Å². The molecule has 1 aliphatic carbocycles. The number of methoxy groups -OCH3 is 1. The molecule has 2 amide bonds. The summed E-state index contributed by atoms with van der Waals surface area (Å²) in [6, 6.07) is 12.8. The average Bonchev–Trinajstić information content (AvgIpc) is 3.33. The Bertz CT molecular complexity index is 1670. The van der Waals surface area contributed by atoms with Gasteiger partial charge in [0.1, 0.15) is 22.9 Å². The standard InChI is InChI=1S/C30H28N2O8S/c1-3-38-30(36)31-19-10-13-21-18(14-25(33)40-23(21)15-19)16-39-29(35)26-22-6-4-5-7-24(22)41-28(26)32-27(34)17-8-11-20(37-2)12-9-17/h8-15H,3-7,16H2,1-2H3,(H,31,36)(H,32,34). The van der Waals surface area contributed by atoms with Crippen LogP contribution in [0.2, 0.25) is 0 Å².